The predicted molar refractivity (Wildman–Crippen MR) is 101 cm³/mol. The van der Waals surface area contributed by atoms with E-state index in [-0.39, 0.29) is 36.8 Å². The molecule has 3 rings (SSSR count). The number of hydrogen-bond donors (Lipinski definition) is 1. The van der Waals surface area contributed by atoms with Gasteiger partial charge in [-0.15, -0.1) is 24.8 Å². The second kappa shape index (κ2) is 10.4. The quantitative estimate of drug-likeness (QED) is 0.845. The molecule has 25 heavy (non-hydrogen) atoms. The molecule has 1 amide bonds. The van der Waals surface area contributed by atoms with Gasteiger partial charge in [0.05, 0.1) is 25.3 Å². The Morgan fingerprint density at radius 1 is 1.28 bits per heavy atom. The summed E-state index contributed by atoms with van der Waals surface area (Å²) in [6, 6.07) is 11.2. The Labute approximate surface area is 160 Å². The highest BCUT2D eigenvalue weighted by Crippen LogP contribution is 2.10. The SMILES string of the molecule is Cl.Cl.NC(Cc1ccccc1)C(=O)N1CCOC(Cn2cccn2)C1. The number of morpholine rings is 1. The summed E-state index contributed by atoms with van der Waals surface area (Å²) < 4.78 is 7.56. The third kappa shape index (κ3) is 6.01. The fourth-order valence-electron chi connectivity index (χ4n) is 2.84. The van der Waals surface area contributed by atoms with E-state index >= 15 is 0 Å². The fourth-order valence-corrected chi connectivity index (χ4v) is 2.84. The Kier molecular flexibility index (Phi) is 8.92. The molecule has 8 heteroatoms. The van der Waals surface area contributed by atoms with Crippen LogP contribution in [0.3, 0.4) is 0 Å². The maximum atomic E-state index is 12.6. The van der Waals surface area contributed by atoms with Crippen molar-refractivity contribution in [3.05, 3.63) is 54.4 Å². The first kappa shape index (κ1) is 21.4. The number of nitrogens with zero attached hydrogens (tertiary/aromatic N) is 3. The average Bonchev–Trinajstić information content (AvgIpc) is 3.08. The van der Waals surface area contributed by atoms with Crippen LogP contribution < -0.4 is 5.73 Å². The molecule has 1 aromatic heterocycles. The highest BCUT2D eigenvalue weighted by molar-refractivity contribution is 5.85. The molecule has 0 bridgehead atoms. The molecule has 1 saturated heterocycles. The van der Waals surface area contributed by atoms with Crippen molar-refractivity contribution in [1.82, 2.24) is 14.7 Å². The van der Waals surface area contributed by atoms with Crippen LogP contribution in [-0.4, -0.2) is 52.4 Å². The minimum absolute atomic E-state index is 0. The number of nitrogens with two attached hydrogens (primary N) is 1. The van der Waals surface area contributed by atoms with Gasteiger partial charge in [0.25, 0.3) is 0 Å². The second-order valence-corrected chi connectivity index (χ2v) is 5.80. The van der Waals surface area contributed by atoms with Gasteiger partial charge in [0.15, 0.2) is 0 Å². The molecule has 6 nitrogen and oxygen atoms in total. The number of amides is 1. The summed E-state index contributed by atoms with van der Waals surface area (Å²) in [5.41, 5.74) is 7.19. The summed E-state index contributed by atoms with van der Waals surface area (Å²) >= 11 is 0. The lowest BCUT2D eigenvalue weighted by molar-refractivity contribution is -0.140. The number of benzene rings is 1. The van der Waals surface area contributed by atoms with E-state index in [9.17, 15) is 4.79 Å². The summed E-state index contributed by atoms with van der Waals surface area (Å²) in [5.74, 6) is -0.0115. The van der Waals surface area contributed by atoms with Gasteiger partial charge in [-0.25, -0.2) is 0 Å². The van der Waals surface area contributed by atoms with Crippen molar-refractivity contribution in [2.45, 2.75) is 25.1 Å². The third-order valence-corrected chi connectivity index (χ3v) is 4.02. The molecule has 2 heterocycles. The second-order valence-electron chi connectivity index (χ2n) is 5.80. The van der Waals surface area contributed by atoms with E-state index in [1.54, 1.807) is 6.20 Å². The highest BCUT2D eigenvalue weighted by atomic mass is 35.5. The summed E-state index contributed by atoms with van der Waals surface area (Å²) in [7, 11) is 0. The van der Waals surface area contributed by atoms with E-state index < -0.39 is 6.04 Å². The van der Waals surface area contributed by atoms with Gasteiger partial charge in [0.2, 0.25) is 5.91 Å². The van der Waals surface area contributed by atoms with Crippen LogP contribution >= 0.6 is 24.8 Å². The molecule has 0 spiro atoms. The van der Waals surface area contributed by atoms with Gasteiger partial charge in [0, 0.05) is 25.5 Å². The Bertz CT molecular complexity index is 625. The average molecular weight is 387 g/mol. The number of rotatable bonds is 5. The third-order valence-electron chi connectivity index (χ3n) is 4.02. The fraction of sp³-hybridized carbons (Fsp3) is 0.412. The molecule has 1 aromatic carbocycles. The molecular weight excluding hydrogens is 363 g/mol. The van der Waals surface area contributed by atoms with E-state index in [4.69, 9.17) is 10.5 Å². The maximum Gasteiger partial charge on any atom is 0.239 e. The van der Waals surface area contributed by atoms with Crippen molar-refractivity contribution < 1.29 is 9.53 Å². The van der Waals surface area contributed by atoms with E-state index in [0.717, 1.165) is 5.56 Å². The van der Waals surface area contributed by atoms with Crippen LogP contribution in [0.25, 0.3) is 0 Å². The van der Waals surface area contributed by atoms with Crippen molar-refractivity contribution in [1.29, 1.82) is 0 Å². The smallest absolute Gasteiger partial charge is 0.239 e. The number of carbonyl (C=O) groups is 1. The van der Waals surface area contributed by atoms with Gasteiger partial charge in [-0.1, -0.05) is 30.3 Å². The molecule has 0 saturated carbocycles. The first-order valence-electron chi connectivity index (χ1n) is 7.89. The summed E-state index contributed by atoms with van der Waals surface area (Å²) in [5, 5.41) is 4.18. The van der Waals surface area contributed by atoms with Crippen molar-refractivity contribution in [3.63, 3.8) is 0 Å². The van der Waals surface area contributed by atoms with E-state index in [2.05, 4.69) is 5.10 Å². The minimum Gasteiger partial charge on any atom is -0.373 e. The maximum absolute atomic E-state index is 12.6. The molecular formula is C17H24Cl2N4O2. The van der Waals surface area contributed by atoms with Crippen molar-refractivity contribution >= 4 is 30.7 Å². The standard InChI is InChI=1S/C17H22N4O2.2ClH/c18-16(11-14-5-2-1-3-6-14)17(22)20-9-10-23-15(12-20)13-21-8-4-7-19-21;;/h1-8,15-16H,9-13,18H2;2*1H. The topological polar surface area (TPSA) is 73.4 Å². The van der Waals surface area contributed by atoms with E-state index in [1.807, 2.05) is 52.2 Å². The zero-order valence-electron chi connectivity index (χ0n) is 13.9. The van der Waals surface area contributed by atoms with Gasteiger partial charge in [-0.05, 0) is 18.1 Å². The van der Waals surface area contributed by atoms with E-state index in [0.29, 0.717) is 32.7 Å². The normalized spacial score (nSPS) is 18.0. The Morgan fingerprint density at radius 2 is 2.04 bits per heavy atom. The van der Waals surface area contributed by atoms with Gasteiger partial charge in [-0.3, -0.25) is 9.48 Å². The Hall–Kier alpha value is -1.60. The number of halogens is 2. The lowest BCUT2D eigenvalue weighted by Crippen LogP contribution is -2.52. The zero-order valence-corrected chi connectivity index (χ0v) is 15.5. The van der Waals surface area contributed by atoms with Crippen LogP contribution in [0, 0.1) is 0 Å². The molecule has 138 valence electrons. The summed E-state index contributed by atoms with van der Waals surface area (Å²) in [6.07, 6.45) is 4.14. The van der Waals surface area contributed by atoms with Crippen LogP contribution in [0.15, 0.2) is 48.8 Å². The number of hydrogen-bond acceptors (Lipinski definition) is 4. The highest BCUT2D eigenvalue weighted by Gasteiger charge is 2.27. The van der Waals surface area contributed by atoms with E-state index in [1.165, 1.54) is 0 Å². The number of aromatic nitrogens is 2. The lowest BCUT2D eigenvalue weighted by atomic mass is 10.1. The Balaban J connectivity index is 0.00000156. The van der Waals surface area contributed by atoms with Crippen molar-refractivity contribution in [2.75, 3.05) is 19.7 Å². The van der Waals surface area contributed by atoms with Gasteiger partial charge < -0.3 is 15.4 Å². The summed E-state index contributed by atoms with van der Waals surface area (Å²) in [6.45, 7) is 2.33. The lowest BCUT2D eigenvalue weighted by Gasteiger charge is -2.34. The predicted octanol–water partition coefficient (Wildman–Crippen LogP) is 1.52. The molecule has 1 aliphatic heterocycles. The molecule has 1 fully saturated rings. The van der Waals surface area contributed by atoms with Crippen LogP contribution in [0.5, 0.6) is 0 Å². The van der Waals surface area contributed by atoms with Crippen LogP contribution in [0.4, 0.5) is 0 Å². The minimum atomic E-state index is -0.513. The van der Waals surface area contributed by atoms with Crippen LogP contribution in [0.1, 0.15) is 5.56 Å². The van der Waals surface area contributed by atoms with Gasteiger partial charge in [0.1, 0.15) is 0 Å². The van der Waals surface area contributed by atoms with Gasteiger partial charge >= 0.3 is 0 Å². The summed E-state index contributed by atoms with van der Waals surface area (Å²) in [4.78, 5) is 14.4. The molecule has 0 radical (unpaired) electrons. The zero-order chi connectivity index (χ0) is 16.1. The molecule has 2 atom stereocenters. The monoisotopic (exact) mass is 386 g/mol. The largest absolute Gasteiger partial charge is 0.373 e. The molecule has 2 aromatic rings. The molecule has 0 aliphatic carbocycles. The number of ether oxygens (including phenoxy) is 1. The first-order chi connectivity index (χ1) is 11.2. The van der Waals surface area contributed by atoms with Gasteiger partial charge in [-0.2, -0.15) is 5.10 Å². The Morgan fingerprint density at radius 3 is 2.72 bits per heavy atom. The van der Waals surface area contributed by atoms with Crippen LogP contribution in [-0.2, 0) is 22.5 Å². The van der Waals surface area contributed by atoms with Crippen molar-refractivity contribution in [2.24, 2.45) is 5.73 Å². The first-order valence-corrected chi connectivity index (χ1v) is 7.89. The number of carbonyl (C=O) groups excluding carboxylic acids is 1. The molecule has 1 aliphatic rings. The molecule has 2 unspecified atom stereocenters. The van der Waals surface area contributed by atoms with Crippen molar-refractivity contribution in [3.8, 4) is 0 Å². The molecule has 2 N–H and O–H groups in total. The van der Waals surface area contributed by atoms with Crippen LogP contribution in [0.2, 0.25) is 0 Å².